The molecule has 0 bridgehead atoms. The summed E-state index contributed by atoms with van der Waals surface area (Å²) >= 11 is 0. The summed E-state index contributed by atoms with van der Waals surface area (Å²) < 4.78 is 2.39. The molecule has 1 saturated carbocycles. The minimum absolute atomic E-state index is 0.353. The molecule has 0 radical (unpaired) electrons. The monoisotopic (exact) mass is 325 g/mol. The van der Waals surface area contributed by atoms with Crippen molar-refractivity contribution in [2.75, 3.05) is 6.54 Å². The van der Waals surface area contributed by atoms with E-state index in [1.807, 2.05) is 18.5 Å². The Labute approximate surface area is 144 Å². The number of aromatic hydroxyl groups is 1. The van der Waals surface area contributed by atoms with E-state index >= 15 is 0 Å². The summed E-state index contributed by atoms with van der Waals surface area (Å²) in [7, 11) is 0. The molecule has 1 N–H and O–H groups in total. The molecule has 4 nitrogen and oxygen atoms in total. The Hall–Kier alpha value is -1.81. The van der Waals surface area contributed by atoms with Gasteiger partial charge in [0.1, 0.15) is 5.75 Å². The molecule has 2 heterocycles. The molecular weight excluding hydrogens is 298 g/mol. The maximum Gasteiger partial charge on any atom is 0.115 e. The fraction of sp³-hybridized carbons (Fsp3) is 0.550. The molecule has 0 amide bonds. The van der Waals surface area contributed by atoms with Crippen molar-refractivity contribution in [1.82, 2.24) is 14.5 Å². The fourth-order valence-corrected chi connectivity index (χ4v) is 3.94. The van der Waals surface area contributed by atoms with Gasteiger partial charge in [0.25, 0.3) is 0 Å². The van der Waals surface area contributed by atoms with Gasteiger partial charge in [-0.05, 0) is 62.8 Å². The second-order valence-electron chi connectivity index (χ2n) is 7.35. The molecule has 2 aliphatic rings. The minimum atomic E-state index is 0.353. The zero-order valence-corrected chi connectivity index (χ0v) is 14.3. The zero-order valence-electron chi connectivity index (χ0n) is 14.3. The summed E-state index contributed by atoms with van der Waals surface area (Å²) in [4.78, 5) is 7.05. The standard InChI is InChI=1S/C20H27N3O/c24-20-10-5-16(6-11-20)4-7-17-3-1-2-12-22(17)14-19-13-21-15-23(19)18-8-9-18/h5-6,10-11,13,15,17-18,24H,1-4,7-9,12,14H2. The Morgan fingerprint density at radius 2 is 1.92 bits per heavy atom. The van der Waals surface area contributed by atoms with E-state index in [-0.39, 0.29) is 0 Å². The molecule has 1 unspecified atom stereocenters. The molecule has 1 saturated heterocycles. The third kappa shape index (κ3) is 3.64. The van der Waals surface area contributed by atoms with E-state index in [2.05, 4.69) is 20.6 Å². The Kier molecular flexibility index (Phi) is 4.56. The van der Waals surface area contributed by atoms with Gasteiger partial charge in [0.05, 0.1) is 12.0 Å². The zero-order chi connectivity index (χ0) is 16.4. The number of aromatic nitrogens is 2. The molecule has 24 heavy (non-hydrogen) atoms. The number of rotatable bonds is 6. The van der Waals surface area contributed by atoms with Gasteiger partial charge in [0.15, 0.2) is 0 Å². The van der Waals surface area contributed by atoms with Gasteiger partial charge in [-0.15, -0.1) is 0 Å². The highest BCUT2D eigenvalue weighted by Gasteiger charge is 2.28. The number of imidazole rings is 1. The molecule has 1 aliphatic heterocycles. The number of likely N-dealkylation sites (tertiary alicyclic amines) is 1. The second-order valence-corrected chi connectivity index (χ2v) is 7.35. The van der Waals surface area contributed by atoms with E-state index in [4.69, 9.17) is 0 Å². The van der Waals surface area contributed by atoms with E-state index in [0.717, 1.165) is 13.0 Å². The van der Waals surface area contributed by atoms with Crippen molar-refractivity contribution in [3.8, 4) is 5.75 Å². The average Bonchev–Trinajstić information content (AvgIpc) is 3.35. The van der Waals surface area contributed by atoms with E-state index in [1.165, 1.54) is 56.3 Å². The summed E-state index contributed by atoms with van der Waals surface area (Å²) in [6.45, 7) is 2.24. The van der Waals surface area contributed by atoms with Crippen molar-refractivity contribution in [2.24, 2.45) is 0 Å². The van der Waals surface area contributed by atoms with Crippen LogP contribution in [0.4, 0.5) is 0 Å². The van der Waals surface area contributed by atoms with Crippen LogP contribution in [0.3, 0.4) is 0 Å². The molecule has 1 atom stereocenters. The van der Waals surface area contributed by atoms with Crippen LogP contribution in [0.25, 0.3) is 0 Å². The van der Waals surface area contributed by atoms with Crippen LogP contribution in [-0.2, 0) is 13.0 Å². The first-order chi connectivity index (χ1) is 11.8. The number of phenols is 1. The molecule has 4 rings (SSSR count). The number of phenolic OH excluding ortho intramolecular Hbond substituents is 1. The Bertz CT molecular complexity index is 660. The topological polar surface area (TPSA) is 41.3 Å². The summed E-state index contributed by atoms with van der Waals surface area (Å²) in [5.74, 6) is 0.353. The molecule has 128 valence electrons. The third-order valence-corrected chi connectivity index (χ3v) is 5.50. The highest BCUT2D eigenvalue weighted by molar-refractivity contribution is 5.26. The lowest BCUT2D eigenvalue weighted by Gasteiger charge is -2.36. The van der Waals surface area contributed by atoms with Gasteiger partial charge in [0, 0.05) is 24.8 Å². The molecule has 1 aromatic carbocycles. The van der Waals surface area contributed by atoms with Crippen molar-refractivity contribution >= 4 is 0 Å². The van der Waals surface area contributed by atoms with Gasteiger partial charge in [-0.1, -0.05) is 18.6 Å². The molecule has 1 aliphatic carbocycles. The maximum atomic E-state index is 9.42. The van der Waals surface area contributed by atoms with Gasteiger partial charge in [-0.2, -0.15) is 0 Å². The van der Waals surface area contributed by atoms with Gasteiger partial charge >= 0.3 is 0 Å². The SMILES string of the molecule is Oc1ccc(CCC2CCCCN2Cc2cncn2C2CC2)cc1. The van der Waals surface area contributed by atoms with Gasteiger partial charge in [-0.3, -0.25) is 4.90 Å². The summed E-state index contributed by atoms with van der Waals surface area (Å²) in [5.41, 5.74) is 2.70. The van der Waals surface area contributed by atoms with Crippen molar-refractivity contribution in [3.63, 3.8) is 0 Å². The van der Waals surface area contributed by atoms with E-state index in [0.29, 0.717) is 17.8 Å². The molecule has 1 aromatic heterocycles. The van der Waals surface area contributed by atoms with Gasteiger partial charge < -0.3 is 9.67 Å². The van der Waals surface area contributed by atoms with Crippen LogP contribution < -0.4 is 0 Å². The lowest BCUT2D eigenvalue weighted by Crippen LogP contribution is -2.39. The number of piperidine rings is 1. The molecule has 0 spiro atoms. The highest BCUT2D eigenvalue weighted by Crippen LogP contribution is 2.36. The number of hydrogen-bond donors (Lipinski definition) is 1. The van der Waals surface area contributed by atoms with Crippen LogP contribution in [-0.4, -0.2) is 32.1 Å². The summed E-state index contributed by atoms with van der Waals surface area (Å²) in [6, 6.07) is 9.05. The summed E-state index contributed by atoms with van der Waals surface area (Å²) in [5, 5.41) is 9.42. The van der Waals surface area contributed by atoms with Crippen molar-refractivity contribution < 1.29 is 5.11 Å². The molecule has 2 aromatic rings. The van der Waals surface area contributed by atoms with Crippen LogP contribution in [0, 0.1) is 0 Å². The predicted octanol–water partition coefficient (Wildman–Crippen LogP) is 3.91. The molecule has 2 fully saturated rings. The second kappa shape index (κ2) is 6.98. The lowest BCUT2D eigenvalue weighted by molar-refractivity contribution is 0.129. The van der Waals surface area contributed by atoms with Crippen molar-refractivity contribution in [2.45, 2.75) is 63.6 Å². The molecular formula is C20H27N3O. The predicted molar refractivity (Wildman–Crippen MR) is 95.0 cm³/mol. The highest BCUT2D eigenvalue weighted by atomic mass is 16.3. The number of benzene rings is 1. The van der Waals surface area contributed by atoms with Crippen LogP contribution in [0.1, 0.15) is 55.8 Å². The Morgan fingerprint density at radius 1 is 1.08 bits per heavy atom. The fourth-order valence-electron chi connectivity index (χ4n) is 3.94. The number of aryl methyl sites for hydroxylation is 1. The third-order valence-electron chi connectivity index (χ3n) is 5.50. The van der Waals surface area contributed by atoms with Crippen LogP contribution in [0.15, 0.2) is 36.8 Å². The van der Waals surface area contributed by atoms with Crippen LogP contribution in [0.5, 0.6) is 5.75 Å². The first-order valence-electron chi connectivity index (χ1n) is 9.32. The maximum absolute atomic E-state index is 9.42. The van der Waals surface area contributed by atoms with Crippen molar-refractivity contribution in [1.29, 1.82) is 0 Å². The van der Waals surface area contributed by atoms with Crippen molar-refractivity contribution in [3.05, 3.63) is 48.0 Å². The van der Waals surface area contributed by atoms with E-state index in [9.17, 15) is 5.11 Å². The minimum Gasteiger partial charge on any atom is -0.508 e. The number of nitrogens with zero attached hydrogens (tertiary/aromatic N) is 3. The largest absolute Gasteiger partial charge is 0.508 e. The normalized spacial score (nSPS) is 21.9. The van der Waals surface area contributed by atoms with E-state index in [1.54, 1.807) is 12.1 Å². The van der Waals surface area contributed by atoms with Crippen LogP contribution in [0.2, 0.25) is 0 Å². The quantitative estimate of drug-likeness (QED) is 0.875. The summed E-state index contributed by atoms with van der Waals surface area (Å²) in [6.07, 6.45) is 12.9. The first-order valence-corrected chi connectivity index (χ1v) is 9.32. The molecule has 4 heteroatoms. The van der Waals surface area contributed by atoms with Crippen LogP contribution >= 0.6 is 0 Å². The van der Waals surface area contributed by atoms with Gasteiger partial charge in [-0.25, -0.2) is 4.98 Å². The van der Waals surface area contributed by atoms with Gasteiger partial charge in [0.2, 0.25) is 0 Å². The average molecular weight is 325 g/mol. The number of hydrogen-bond acceptors (Lipinski definition) is 3. The Morgan fingerprint density at radius 3 is 2.71 bits per heavy atom. The lowest BCUT2D eigenvalue weighted by atomic mass is 9.95. The Balaban J connectivity index is 1.39. The first kappa shape index (κ1) is 15.7. The van der Waals surface area contributed by atoms with E-state index < -0.39 is 0 Å². The smallest absolute Gasteiger partial charge is 0.115 e.